The highest BCUT2D eigenvalue weighted by Gasteiger charge is 2.18. The van der Waals surface area contributed by atoms with Crippen LogP contribution in [0.25, 0.3) is 32.9 Å². The maximum Gasteiger partial charge on any atom is 0.156 e. The number of rotatable bonds is 7. The number of likely N-dealkylation sites (N-methyl/N-ethyl adjacent to an activating group) is 1. The summed E-state index contributed by atoms with van der Waals surface area (Å²) in [6.07, 6.45) is 6.54. The summed E-state index contributed by atoms with van der Waals surface area (Å²) >= 11 is 0. The SMILES string of the molecule is C[C@H](CN(C)C)Oc1cc(-c2cnn(C)c2)cc2ncnc(Nc3ccc4nnccc4c3F)c12. The number of anilines is 2. The number of nitrogens with zero attached hydrogens (tertiary/aromatic N) is 7. The first-order valence-corrected chi connectivity index (χ1v) is 11.1. The normalized spacial score (nSPS) is 12.4. The second kappa shape index (κ2) is 9.22. The summed E-state index contributed by atoms with van der Waals surface area (Å²) in [5, 5.41) is 16.3. The Hall–Kier alpha value is -4.18. The summed E-state index contributed by atoms with van der Waals surface area (Å²) in [4.78, 5) is 11.0. The summed E-state index contributed by atoms with van der Waals surface area (Å²) in [5.41, 5.74) is 3.27. The monoisotopic (exact) mass is 472 g/mol. The molecule has 1 atom stereocenters. The van der Waals surface area contributed by atoms with E-state index in [0.717, 1.165) is 17.7 Å². The third-order valence-electron chi connectivity index (χ3n) is 5.57. The van der Waals surface area contributed by atoms with Gasteiger partial charge in [0, 0.05) is 30.7 Å². The van der Waals surface area contributed by atoms with Crippen LogP contribution in [0.3, 0.4) is 0 Å². The lowest BCUT2D eigenvalue weighted by atomic mass is 10.1. The first-order valence-electron chi connectivity index (χ1n) is 11.1. The van der Waals surface area contributed by atoms with E-state index in [0.29, 0.717) is 33.4 Å². The molecule has 2 aromatic carbocycles. The van der Waals surface area contributed by atoms with Crippen molar-refractivity contribution in [2.24, 2.45) is 7.05 Å². The van der Waals surface area contributed by atoms with Crippen molar-refractivity contribution in [3.63, 3.8) is 0 Å². The van der Waals surface area contributed by atoms with Gasteiger partial charge in [-0.3, -0.25) is 4.68 Å². The molecule has 0 fully saturated rings. The maximum atomic E-state index is 15.3. The highest BCUT2D eigenvalue weighted by Crippen LogP contribution is 2.37. The first kappa shape index (κ1) is 22.6. The predicted octanol–water partition coefficient (Wildman–Crippen LogP) is 4.19. The standard InChI is InChI=1S/C25H25FN8O/c1-15(12-33(2)3)35-22-10-16(17-11-30-34(4)13-17)9-21-23(22)25(28-14-27-21)31-20-6-5-19-18(24(20)26)7-8-29-32-19/h5-11,13-15H,12H2,1-4H3,(H,27,28,31)/t15-/m1/s1. The quantitative estimate of drug-likeness (QED) is 0.377. The lowest BCUT2D eigenvalue weighted by Crippen LogP contribution is -2.28. The third-order valence-corrected chi connectivity index (χ3v) is 5.57. The first-order chi connectivity index (χ1) is 16.9. The molecule has 0 radical (unpaired) electrons. The lowest BCUT2D eigenvalue weighted by molar-refractivity contribution is 0.179. The van der Waals surface area contributed by atoms with Crippen molar-refractivity contribution in [3.8, 4) is 16.9 Å². The van der Waals surface area contributed by atoms with Gasteiger partial charge in [-0.2, -0.15) is 15.3 Å². The van der Waals surface area contributed by atoms with Gasteiger partial charge in [0.1, 0.15) is 24.0 Å². The number of aromatic nitrogens is 6. The Morgan fingerprint density at radius 3 is 2.74 bits per heavy atom. The van der Waals surface area contributed by atoms with Crippen molar-refractivity contribution < 1.29 is 9.13 Å². The Bertz CT molecular complexity index is 1520. The number of halogens is 1. The smallest absolute Gasteiger partial charge is 0.156 e. The van der Waals surface area contributed by atoms with Crippen LogP contribution in [0.1, 0.15) is 6.92 Å². The van der Waals surface area contributed by atoms with Gasteiger partial charge < -0.3 is 15.0 Å². The van der Waals surface area contributed by atoms with Crippen molar-refractivity contribution in [3.05, 3.63) is 61.1 Å². The molecular formula is C25H25FN8O. The van der Waals surface area contributed by atoms with Gasteiger partial charge in [-0.05, 0) is 56.9 Å². The van der Waals surface area contributed by atoms with Crippen LogP contribution in [-0.4, -0.2) is 61.6 Å². The lowest BCUT2D eigenvalue weighted by Gasteiger charge is -2.21. The van der Waals surface area contributed by atoms with Gasteiger partial charge in [0.05, 0.1) is 34.5 Å². The molecule has 3 heterocycles. The fraction of sp³-hybridized carbons (Fsp3) is 0.240. The Balaban J connectivity index is 1.63. The van der Waals surface area contributed by atoms with Crippen LogP contribution in [0.4, 0.5) is 15.9 Å². The molecule has 3 aromatic heterocycles. The van der Waals surface area contributed by atoms with Gasteiger partial charge in [0.15, 0.2) is 5.82 Å². The Morgan fingerprint density at radius 2 is 1.97 bits per heavy atom. The Labute approximate surface area is 201 Å². The topological polar surface area (TPSA) is 93.9 Å². The highest BCUT2D eigenvalue weighted by molar-refractivity contribution is 5.99. The molecule has 0 aliphatic carbocycles. The van der Waals surface area contributed by atoms with E-state index in [1.165, 1.54) is 12.5 Å². The number of fused-ring (bicyclic) bond motifs is 2. The van der Waals surface area contributed by atoms with E-state index >= 15 is 4.39 Å². The molecule has 0 bridgehead atoms. The number of benzene rings is 2. The Kier molecular flexibility index (Phi) is 5.96. The van der Waals surface area contributed by atoms with Gasteiger partial charge in [-0.15, -0.1) is 0 Å². The van der Waals surface area contributed by atoms with Crippen LogP contribution < -0.4 is 10.1 Å². The van der Waals surface area contributed by atoms with Crippen LogP contribution in [0, 0.1) is 5.82 Å². The fourth-order valence-electron chi connectivity index (χ4n) is 4.10. The number of ether oxygens (including phenoxy) is 1. The van der Waals surface area contributed by atoms with E-state index in [2.05, 4.69) is 35.5 Å². The van der Waals surface area contributed by atoms with Crippen molar-refractivity contribution in [2.75, 3.05) is 26.0 Å². The van der Waals surface area contributed by atoms with Gasteiger partial charge >= 0.3 is 0 Å². The molecule has 0 saturated carbocycles. The number of hydrogen-bond acceptors (Lipinski definition) is 8. The number of hydrogen-bond donors (Lipinski definition) is 1. The molecular weight excluding hydrogens is 447 g/mol. The number of aryl methyl sites for hydroxylation is 1. The van der Waals surface area contributed by atoms with Gasteiger partial charge in [-0.25, -0.2) is 14.4 Å². The van der Waals surface area contributed by atoms with Crippen molar-refractivity contribution >= 4 is 33.3 Å². The third kappa shape index (κ3) is 4.60. The largest absolute Gasteiger partial charge is 0.489 e. The second-order valence-corrected chi connectivity index (χ2v) is 8.70. The average Bonchev–Trinajstić information content (AvgIpc) is 3.26. The maximum absolute atomic E-state index is 15.3. The van der Waals surface area contributed by atoms with E-state index in [1.54, 1.807) is 29.1 Å². The molecule has 1 N–H and O–H groups in total. The zero-order valence-electron chi connectivity index (χ0n) is 19.9. The fourth-order valence-corrected chi connectivity index (χ4v) is 4.10. The number of nitrogens with one attached hydrogen (secondary N) is 1. The molecule has 0 aliphatic rings. The predicted molar refractivity (Wildman–Crippen MR) is 133 cm³/mol. The second-order valence-electron chi connectivity index (χ2n) is 8.70. The average molecular weight is 473 g/mol. The highest BCUT2D eigenvalue weighted by atomic mass is 19.1. The van der Waals surface area contributed by atoms with Crippen molar-refractivity contribution in [1.29, 1.82) is 0 Å². The van der Waals surface area contributed by atoms with Gasteiger partial charge in [-0.1, -0.05) is 0 Å². The van der Waals surface area contributed by atoms with E-state index < -0.39 is 5.82 Å². The minimum atomic E-state index is -0.431. The molecule has 0 spiro atoms. The minimum Gasteiger partial charge on any atom is -0.489 e. The van der Waals surface area contributed by atoms with E-state index in [4.69, 9.17) is 4.74 Å². The summed E-state index contributed by atoms with van der Waals surface area (Å²) in [5.74, 6) is 0.616. The summed E-state index contributed by atoms with van der Waals surface area (Å²) in [6, 6.07) is 8.84. The molecule has 0 saturated heterocycles. The zero-order valence-corrected chi connectivity index (χ0v) is 19.9. The summed E-state index contributed by atoms with van der Waals surface area (Å²) < 4.78 is 23.4. The molecule has 178 valence electrons. The van der Waals surface area contributed by atoms with Crippen LogP contribution in [0.5, 0.6) is 5.75 Å². The van der Waals surface area contributed by atoms with Crippen LogP contribution in [-0.2, 0) is 7.05 Å². The molecule has 35 heavy (non-hydrogen) atoms. The summed E-state index contributed by atoms with van der Waals surface area (Å²) in [6.45, 7) is 2.72. The van der Waals surface area contributed by atoms with Gasteiger partial charge in [0.2, 0.25) is 0 Å². The molecule has 0 unspecified atom stereocenters. The summed E-state index contributed by atoms with van der Waals surface area (Å²) in [7, 11) is 5.86. The van der Waals surface area contributed by atoms with Crippen molar-refractivity contribution in [1.82, 2.24) is 34.8 Å². The van der Waals surface area contributed by atoms with Crippen molar-refractivity contribution in [2.45, 2.75) is 13.0 Å². The molecule has 5 aromatic rings. The van der Waals surface area contributed by atoms with Gasteiger partial charge in [0.25, 0.3) is 0 Å². The molecule has 5 rings (SSSR count). The Morgan fingerprint density at radius 1 is 1.11 bits per heavy atom. The molecule has 9 nitrogen and oxygen atoms in total. The molecule has 0 amide bonds. The minimum absolute atomic E-state index is 0.110. The van der Waals surface area contributed by atoms with E-state index in [-0.39, 0.29) is 11.8 Å². The van der Waals surface area contributed by atoms with Crippen LogP contribution in [0.15, 0.2) is 55.2 Å². The van der Waals surface area contributed by atoms with E-state index in [1.807, 2.05) is 46.4 Å². The van der Waals surface area contributed by atoms with Crippen LogP contribution >= 0.6 is 0 Å². The van der Waals surface area contributed by atoms with Crippen LogP contribution in [0.2, 0.25) is 0 Å². The van der Waals surface area contributed by atoms with E-state index in [9.17, 15) is 0 Å². The molecule has 10 heteroatoms. The molecule has 0 aliphatic heterocycles. The zero-order chi connectivity index (χ0) is 24.5.